The molecule has 6 nitrogen and oxygen atoms in total. The van der Waals surface area contributed by atoms with Crippen molar-refractivity contribution in [3.05, 3.63) is 59.3 Å². The number of carbonyl (C=O) groups is 2. The molecular weight excluding hydrogens is 392 g/mol. The molecule has 2 amide bonds. The summed E-state index contributed by atoms with van der Waals surface area (Å²) in [5, 5.41) is 0. The maximum absolute atomic E-state index is 13.9. The summed E-state index contributed by atoms with van der Waals surface area (Å²) in [7, 11) is 0. The van der Waals surface area contributed by atoms with Crippen LogP contribution in [-0.4, -0.2) is 58.9 Å². The molecule has 8 heteroatoms. The Labute approximate surface area is 173 Å². The minimum absolute atomic E-state index is 0.106. The van der Waals surface area contributed by atoms with E-state index >= 15 is 0 Å². The molecular formula is C22H23F2N3O3. The van der Waals surface area contributed by atoms with Gasteiger partial charge in [-0.05, 0) is 49.6 Å². The average molecular weight is 415 g/mol. The molecule has 1 unspecified atom stereocenters. The summed E-state index contributed by atoms with van der Waals surface area (Å²) in [6.45, 7) is 2.00. The van der Waals surface area contributed by atoms with Crippen LogP contribution in [0.4, 0.5) is 8.78 Å². The van der Waals surface area contributed by atoms with E-state index in [2.05, 4.69) is 4.98 Å². The maximum atomic E-state index is 13.9. The highest BCUT2D eigenvalue weighted by molar-refractivity contribution is 5.96. The van der Waals surface area contributed by atoms with E-state index in [-0.39, 0.29) is 30.0 Å². The number of ether oxygens (including phenoxy) is 1. The first-order valence-corrected chi connectivity index (χ1v) is 10.2. The van der Waals surface area contributed by atoms with E-state index in [9.17, 15) is 18.4 Å². The highest BCUT2D eigenvalue weighted by atomic mass is 19.1. The highest BCUT2D eigenvalue weighted by Gasteiger charge is 2.31. The van der Waals surface area contributed by atoms with Gasteiger partial charge in [-0.3, -0.25) is 9.59 Å². The molecule has 1 aromatic heterocycles. The number of hydrogen-bond acceptors (Lipinski definition) is 4. The Bertz CT molecular complexity index is 947. The average Bonchev–Trinajstić information content (AvgIpc) is 3.24. The first kappa shape index (κ1) is 20.3. The molecule has 0 radical (unpaired) electrons. The number of aromatic nitrogens is 1. The molecule has 158 valence electrons. The van der Waals surface area contributed by atoms with Gasteiger partial charge < -0.3 is 14.5 Å². The van der Waals surface area contributed by atoms with Crippen molar-refractivity contribution in [2.45, 2.75) is 31.8 Å². The summed E-state index contributed by atoms with van der Waals surface area (Å²) in [5.74, 6) is -1.87. The van der Waals surface area contributed by atoms with Crippen molar-refractivity contribution in [3.63, 3.8) is 0 Å². The zero-order valence-corrected chi connectivity index (χ0v) is 16.5. The minimum Gasteiger partial charge on any atom is -0.472 e. The zero-order valence-electron chi connectivity index (χ0n) is 16.5. The summed E-state index contributed by atoms with van der Waals surface area (Å²) in [5.41, 5.74) is 0.106. The van der Waals surface area contributed by atoms with Crippen molar-refractivity contribution in [1.82, 2.24) is 14.8 Å². The normalized spacial score (nSPS) is 19.1. The molecule has 2 fully saturated rings. The second-order valence-corrected chi connectivity index (χ2v) is 7.61. The third kappa shape index (κ3) is 4.27. The molecule has 0 aliphatic carbocycles. The van der Waals surface area contributed by atoms with E-state index < -0.39 is 17.5 Å². The number of pyridine rings is 1. The smallest absolute Gasteiger partial charge is 0.259 e. The number of rotatable bonds is 4. The summed E-state index contributed by atoms with van der Waals surface area (Å²) >= 11 is 0. The summed E-state index contributed by atoms with van der Waals surface area (Å²) < 4.78 is 33.3. The minimum atomic E-state index is -0.759. The van der Waals surface area contributed by atoms with Crippen LogP contribution >= 0.6 is 0 Å². The molecule has 1 atom stereocenters. The number of nitrogens with zero attached hydrogens (tertiary/aromatic N) is 3. The van der Waals surface area contributed by atoms with Crippen LogP contribution in [0.5, 0.6) is 5.88 Å². The Balaban J connectivity index is 1.44. The number of amides is 2. The number of piperidine rings is 1. The van der Waals surface area contributed by atoms with Gasteiger partial charge in [0.1, 0.15) is 23.3 Å². The van der Waals surface area contributed by atoms with Crippen LogP contribution in [0, 0.1) is 11.6 Å². The van der Waals surface area contributed by atoms with Gasteiger partial charge >= 0.3 is 0 Å². The standard InChI is InChI=1S/C22H23F2N3O3/c23-15-6-7-19(24)18(13-15)22(29)27-12-8-16(14-27)30-20-17(5-4-9-25-20)21(28)26-10-2-1-3-11-26/h4-7,9,13,16H,1-3,8,10-12,14H2. The topological polar surface area (TPSA) is 62.7 Å². The third-order valence-electron chi connectivity index (χ3n) is 5.51. The Morgan fingerprint density at radius 1 is 0.967 bits per heavy atom. The van der Waals surface area contributed by atoms with Crippen LogP contribution < -0.4 is 4.74 Å². The van der Waals surface area contributed by atoms with E-state index in [0.717, 1.165) is 50.6 Å². The lowest BCUT2D eigenvalue weighted by atomic mass is 10.1. The Morgan fingerprint density at radius 2 is 1.73 bits per heavy atom. The predicted octanol–water partition coefficient (Wildman–Crippen LogP) is 3.28. The van der Waals surface area contributed by atoms with Crippen molar-refractivity contribution in [3.8, 4) is 5.88 Å². The fraction of sp³-hybridized carbons (Fsp3) is 0.409. The molecule has 2 saturated heterocycles. The lowest BCUT2D eigenvalue weighted by Gasteiger charge is -2.27. The van der Waals surface area contributed by atoms with Gasteiger partial charge in [0.2, 0.25) is 5.88 Å². The molecule has 0 N–H and O–H groups in total. The molecule has 1 aromatic carbocycles. The van der Waals surface area contributed by atoms with Crippen LogP contribution in [-0.2, 0) is 0 Å². The molecule has 4 rings (SSSR count). The number of halogens is 2. The largest absolute Gasteiger partial charge is 0.472 e. The van der Waals surface area contributed by atoms with Gasteiger partial charge in [-0.25, -0.2) is 13.8 Å². The van der Waals surface area contributed by atoms with Crippen LogP contribution in [0.15, 0.2) is 36.5 Å². The molecule has 0 saturated carbocycles. The fourth-order valence-corrected chi connectivity index (χ4v) is 3.91. The number of hydrogen-bond donors (Lipinski definition) is 0. The highest BCUT2D eigenvalue weighted by Crippen LogP contribution is 2.24. The first-order chi connectivity index (χ1) is 14.5. The summed E-state index contributed by atoms with van der Waals surface area (Å²) in [4.78, 5) is 32.9. The van der Waals surface area contributed by atoms with Crippen LogP contribution in [0.25, 0.3) is 0 Å². The van der Waals surface area contributed by atoms with Gasteiger partial charge in [-0.2, -0.15) is 0 Å². The second-order valence-electron chi connectivity index (χ2n) is 7.61. The van der Waals surface area contributed by atoms with Crippen molar-refractivity contribution in [2.24, 2.45) is 0 Å². The molecule has 2 aromatic rings. The Kier molecular flexibility index (Phi) is 5.92. The zero-order chi connectivity index (χ0) is 21.1. The van der Waals surface area contributed by atoms with Gasteiger partial charge in [0, 0.05) is 32.3 Å². The monoisotopic (exact) mass is 415 g/mol. The van der Waals surface area contributed by atoms with Crippen LogP contribution in [0.3, 0.4) is 0 Å². The van der Waals surface area contributed by atoms with Gasteiger partial charge in [0.15, 0.2) is 0 Å². The van der Waals surface area contributed by atoms with Crippen LogP contribution in [0.2, 0.25) is 0 Å². The lowest BCUT2D eigenvalue weighted by molar-refractivity contribution is 0.0707. The molecule has 0 spiro atoms. The lowest BCUT2D eigenvalue weighted by Crippen LogP contribution is -2.36. The van der Waals surface area contributed by atoms with Gasteiger partial charge in [-0.15, -0.1) is 0 Å². The van der Waals surface area contributed by atoms with E-state index in [1.54, 1.807) is 18.3 Å². The van der Waals surface area contributed by atoms with Gasteiger partial charge in [0.05, 0.1) is 12.1 Å². The molecule has 2 aliphatic heterocycles. The second kappa shape index (κ2) is 8.77. The van der Waals surface area contributed by atoms with E-state index in [1.807, 2.05) is 4.90 Å². The Morgan fingerprint density at radius 3 is 2.53 bits per heavy atom. The Hall–Kier alpha value is -3.03. The molecule has 2 aliphatic rings. The van der Waals surface area contributed by atoms with Crippen molar-refractivity contribution in [2.75, 3.05) is 26.2 Å². The van der Waals surface area contributed by atoms with Gasteiger partial charge in [-0.1, -0.05) is 0 Å². The fourth-order valence-electron chi connectivity index (χ4n) is 3.91. The number of likely N-dealkylation sites (tertiary alicyclic amines) is 2. The maximum Gasteiger partial charge on any atom is 0.259 e. The van der Waals surface area contributed by atoms with E-state index in [0.29, 0.717) is 18.5 Å². The SMILES string of the molecule is O=C(c1cc(F)ccc1F)N1CCC(Oc2ncccc2C(=O)N2CCCCC2)C1. The third-order valence-corrected chi connectivity index (χ3v) is 5.51. The van der Waals surface area contributed by atoms with Gasteiger partial charge in [0.25, 0.3) is 11.8 Å². The van der Waals surface area contributed by atoms with E-state index in [4.69, 9.17) is 4.74 Å². The molecule has 3 heterocycles. The first-order valence-electron chi connectivity index (χ1n) is 10.2. The molecule has 30 heavy (non-hydrogen) atoms. The van der Waals surface area contributed by atoms with Crippen LogP contribution in [0.1, 0.15) is 46.4 Å². The number of benzene rings is 1. The summed E-state index contributed by atoms with van der Waals surface area (Å²) in [6.07, 6.45) is 4.78. The van der Waals surface area contributed by atoms with Crippen molar-refractivity contribution < 1.29 is 23.1 Å². The molecule has 0 bridgehead atoms. The van der Waals surface area contributed by atoms with E-state index in [1.165, 1.54) is 4.90 Å². The van der Waals surface area contributed by atoms with Crippen molar-refractivity contribution in [1.29, 1.82) is 0 Å². The number of carbonyl (C=O) groups excluding carboxylic acids is 2. The predicted molar refractivity (Wildman–Crippen MR) is 105 cm³/mol. The quantitative estimate of drug-likeness (QED) is 0.769. The summed E-state index contributed by atoms with van der Waals surface area (Å²) in [6, 6.07) is 6.21. The van der Waals surface area contributed by atoms with Crippen molar-refractivity contribution >= 4 is 11.8 Å².